The Morgan fingerprint density at radius 1 is 1.26 bits per heavy atom. The molecular weight excluding hydrogens is 270 g/mol. The normalized spacial score (nSPS) is 15.7. The molecule has 0 unspecified atom stereocenters. The lowest BCUT2D eigenvalue weighted by atomic mass is 10.2. The summed E-state index contributed by atoms with van der Waals surface area (Å²) in [4.78, 5) is 2.17. The number of hydrogen-bond acceptors (Lipinski definition) is 3. The number of nitrogens with zero attached hydrogens (tertiary/aromatic N) is 1. The fourth-order valence-corrected chi connectivity index (χ4v) is 2.24. The van der Waals surface area contributed by atoms with Gasteiger partial charge >= 0.3 is 0 Å². The van der Waals surface area contributed by atoms with Gasteiger partial charge in [-0.05, 0) is 38.1 Å². The van der Waals surface area contributed by atoms with E-state index in [1.165, 1.54) is 12.8 Å². The van der Waals surface area contributed by atoms with Crippen LogP contribution in [-0.2, 0) is 0 Å². The van der Waals surface area contributed by atoms with E-state index in [-0.39, 0.29) is 22.9 Å². The van der Waals surface area contributed by atoms with Crippen LogP contribution in [0, 0.1) is 11.6 Å². The number of ether oxygens (including phenoxy) is 1. The summed E-state index contributed by atoms with van der Waals surface area (Å²) in [5, 5.41) is 0. The summed E-state index contributed by atoms with van der Waals surface area (Å²) in [5.74, 6) is -1.91. The summed E-state index contributed by atoms with van der Waals surface area (Å²) >= 11 is 4.68. The first-order valence-corrected chi connectivity index (χ1v) is 6.63. The Morgan fingerprint density at radius 2 is 1.84 bits per heavy atom. The van der Waals surface area contributed by atoms with E-state index in [2.05, 4.69) is 17.1 Å². The van der Waals surface area contributed by atoms with E-state index in [1.807, 2.05) is 0 Å². The molecule has 1 aliphatic rings. The Labute approximate surface area is 116 Å². The van der Waals surface area contributed by atoms with E-state index in [1.54, 1.807) is 0 Å². The fourth-order valence-electron chi connectivity index (χ4n) is 2.12. The first kappa shape index (κ1) is 14.1. The number of rotatable bonds is 5. The highest BCUT2D eigenvalue weighted by Gasteiger charge is 2.15. The van der Waals surface area contributed by atoms with Crippen molar-refractivity contribution in [3.63, 3.8) is 0 Å². The van der Waals surface area contributed by atoms with Gasteiger partial charge < -0.3 is 10.5 Å². The van der Waals surface area contributed by atoms with Crippen LogP contribution in [-0.4, -0.2) is 36.1 Å². The summed E-state index contributed by atoms with van der Waals surface area (Å²) in [6.45, 7) is 2.99. The standard InChI is InChI=1S/C13H16F2N2OS/c14-10-7-9(13(16)19)8-11(15)12(10)18-6-5-17-3-1-2-4-17/h7-8H,1-6H2,(H2,16,19). The molecule has 2 rings (SSSR count). The predicted octanol–water partition coefficient (Wildman–Crippen LogP) is 2.07. The van der Waals surface area contributed by atoms with E-state index >= 15 is 0 Å². The Bertz CT molecular complexity index is 453. The maximum atomic E-state index is 13.7. The smallest absolute Gasteiger partial charge is 0.190 e. The second-order valence-electron chi connectivity index (χ2n) is 4.53. The van der Waals surface area contributed by atoms with Crippen LogP contribution in [0.4, 0.5) is 8.78 Å². The molecule has 0 aliphatic carbocycles. The third-order valence-corrected chi connectivity index (χ3v) is 3.37. The Hall–Kier alpha value is -1.27. The van der Waals surface area contributed by atoms with Crippen LogP contribution in [0.2, 0.25) is 0 Å². The van der Waals surface area contributed by atoms with E-state index in [0.717, 1.165) is 25.2 Å². The average molecular weight is 286 g/mol. The van der Waals surface area contributed by atoms with Gasteiger partial charge in [-0.15, -0.1) is 0 Å². The molecule has 0 spiro atoms. The monoisotopic (exact) mass is 286 g/mol. The molecule has 1 aromatic carbocycles. The minimum absolute atomic E-state index is 0.0404. The first-order chi connectivity index (χ1) is 9.08. The van der Waals surface area contributed by atoms with Crippen LogP contribution in [0.25, 0.3) is 0 Å². The van der Waals surface area contributed by atoms with Crippen LogP contribution < -0.4 is 10.5 Å². The van der Waals surface area contributed by atoms with Gasteiger partial charge in [-0.2, -0.15) is 0 Å². The van der Waals surface area contributed by atoms with Gasteiger partial charge in [0.15, 0.2) is 17.4 Å². The molecule has 0 amide bonds. The number of thiocarbonyl (C=S) groups is 1. The predicted molar refractivity (Wildman–Crippen MR) is 73.4 cm³/mol. The van der Waals surface area contributed by atoms with Crippen molar-refractivity contribution in [3.8, 4) is 5.75 Å². The van der Waals surface area contributed by atoms with E-state index < -0.39 is 11.6 Å². The minimum Gasteiger partial charge on any atom is -0.486 e. The van der Waals surface area contributed by atoms with Gasteiger partial charge in [0.2, 0.25) is 0 Å². The van der Waals surface area contributed by atoms with Crippen molar-refractivity contribution in [1.29, 1.82) is 0 Å². The van der Waals surface area contributed by atoms with Crippen LogP contribution in [0.5, 0.6) is 5.75 Å². The van der Waals surface area contributed by atoms with Crippen molar-refractivity contribution < 1.29 is 13.5 Å². The van der Waals surface area contributed by atoms with Crippen molar-refractivity contribution in [2.45, 2.75) is 12.8 Å². The van der Waals surface area contributed by atoms with Crippen LogP contribution in [0.3, 0.4) is 0 Å². The lowest BCUT2D eigenvalue weighted by Crippen LogP contribution is -2.25. The van der Waals surface area contributed by atoms with Crippen molar-refractivity contribution in [3.05, 3.63) is 29.3 Å². The van der Waals surface area contributed by atoms with Gasteiger partial charge in [0.05, 0.1) is 0 Å². The SMILES string of the molecule is NC(=S)c1cc(F)c(OCCN2CCCC2)c(F)c1. The molecule has 0 aromatic heterocycles. The summed E-state index contributed by atoms with van der Waals surface area (Å²) in [5.41, 5.74) is 5.50. The van der Waals surface area contributed by atoms with Crippen LogP contribution >= 0.6 is 12.2 Å². The zero-order chi connectivity index (χ0) is 13.8. The Balaban J connectivity index is 1.97. The number of benzene rings is 1. The largest absolute Gasteiger partial charge is 0.486 e. The molecule has 1 saturated heterocycles. The molecule has 2 N–H and O–H groups in total. The van der Waals surface area contributed by atoms with Crippen molar-refractivity contribution in [1.82, 2.24) is 4.90 Å². The van der Waals surface area contributed by atoms with Crippen LogP contribution in [0.15, 0.2) is 12.1 Å². The molecule has 1 aliphatic heterocycles. The summed E-state index contributed by atoms with van der Waals surface area (Å²) in [7, 11) is 0. The third kappa shape index (κ3) is 3.61. The van der Waals surface area contributed by atoms with Gasteiger partial charge in [-0.3, -0.25) is 4.90 Å². The zero-order valence-corrected chi connectivity index (χ0v) is 11.3. The number of likely N-dealkylation sites (tertiary alicyclic amines) is 1. The average Bonchev–Trinajstić information content (AvgIpc) is 2.85. The Kier molecular flexibility index (Phi) is 4.66. The van der Waals surface area contributed by atoms with E-state index in [9.17, 15) is 8.78 Å². The van der Waals surface area contributed by atoms with Gasteiger partial charge in [-0.25, -0.2) is 8.78 Å². The number of hydrogen-bond donors (Lipinski definition) is 1. The Morgan fingerprint density at radius 3 is 2.37 bits per heavy atom. The van der Waals surface area contributed by atoms with Gasteiger partial charge in [-0.1, -0.05) is 12.2 Å². The lowest BCUT2D eigenvalue weighted by molar-refractivity contribution is 0.223. The number of halogens is 2. The van der Waals surface area contributed by atoms with Crippen molar-refractivity contribution in [2.75, 3.05) is 26.2 Å². The van der Waals surface area contributed by atoms with E-state index in [4.69, 9.17) is 10.5 Å². The molecule has 0 radical (unpaired) electrons. The van der Waals surface area contributed by atoms with Gasteiger partial charge in [0.25, 0.3) is 0 Å². The van der Waals surface area contributed by atoms with Crippen molar-refractivity contribution in [2.24, 2.45) is 5.73 Å². The fraction of sp³-hybridized carbons (Fsp3) is 0.462. The molecule has 19 heavy (non-hydrogen) atoms. The highest BCUT2D eigenvalue weighted by Crippen LogP contribution is 2.23. The molecule has 0 atom stereocenters. The second-order valence-corrected chi connectivity index (χ2v) is 4.97. The third-order valence-electron chi connectivity index (χ3n) is 3.14. The maximum Gasteiger partial charge on any atom is 0.190 e. The summed E-state index contributed by atoms with van der Waals surface area (Å²) in [6, 6.07) is 2.19. The summed E-state index contributed by atoms with van der Waals surface area (Å²) in [6.07, 6.45) is 2.34. The zero-order valence-electron chi connectivity index (χ0n) is 10.5. The van der Waals surface area contributed by atoms with Gasteiger partial charge in [0.1, 0.15) is 11.6 Å². The highest BCUT2D eigenvalue weighted by atomic mass is 32.1. The highest BCUT2D eigenvalue weighted by molar-refractivity contribution is 7.80. The molecule has 1 heterocycles. The minimum atomic E-state index is -0.774. The molecular formula is C13H16F2N2OS. The first-order valence-electron chi connectivity index (χ1n) is 6.22. The topological polar surface area (TPSA) is 38.5 Å². The molecule has 1 fully saturated rings. The quantitative estimate of drug-likeness (QED) is 0.841. The van der Waals surface area contributed by atoms with Crippen LogP contribution in [0.1, 0.15) is 18.4 Å². The molecule has 0 bridgehead atoms. The lowest BCUT2D eigenvalue weighted by Gasteiger charge is -2.15. The molecule has 104 valence electrons. The molecule has 0 saturated carbocycles. The molecule has 6 heteroatoms. The summed E-state index contributed by atoms with van der Waals surface area (Å²) < 4.78 is 32.5. The van der Waals surface area contributed by atoms with Gasteiger partial charge in [0, 0.05) is 12.1 Å². The maximum absolute atomic E-state index is 13.7. The van der Waals surface area contributed by atoms with Crippen molar-refractivity contribution >= 4 is 17.2 Å². The number of nitrogens with two attached hydrogens (primary N) is 1. The molecule has 3 nitrogen and oxygen atoms in total. The van der Waals surface area contributed by atoms with E-state index in [0.29, 0.717) is 6.54 Å². The molecule has 1 aromatic rings. The second kappa shape index (κ2) is 6.25.